The third kappa shape index (κ3) is 2.82. The first-order valence-corrected chi connectivity index (χ1v) is 6.55. The van der Waals surface area contributed by atoms with Gasteiger partial charge in [0.2, 0.25) is 11.7 Å². The SMILES string of the molecule is Cn1cncc1-c1noc(CN2CCCNCC2)n1. The number of nitrogens with one attached hydrogen (secondary N) is 1. The lowest BCUT2D eigenvalue weighted by atomic mass is 10.4. The zero-order valence-corrected chi connectivity index (χ0v) is 11.0. The van der Waals surface area contributed by atoms with Gasteiger partial charge in [0.1, 0.15) is 5.69 Å². The van der Waals surface area contributed by atoms with Gasteiger partial charge in [-0.15, -0.1) is 0 Å². The van der Waals surface area contributed by atoms with Crippen LogP contribution in [-0.2, 0) is 13.6 Å². The Morgan fingerprint density at radius 3 is 3.16 bits per heavy atom. The lowest BCUT2D eigenvalue weighted by Crippen LogP contribution is -2.27. The summed E-state index contributed by atoms with van der Waals surface area (Å²) in [4.78, 5) is 10.8. The van der Waals surface area contributed by atoms with Gasteiger partial charge in [-0.3, -0.25) is 4.90 Å². The van der Waals surface area contributed by atoms with Crippen LogP contribution < -0.4 is 5.32 Å². The summed E-state index contributed by atoms with van der Waals surface area (Å²) in [5, 5.41) is 7.40. The first-order chi connectivity index (χ1) is 9.33. The monoisotopic (exact) mass is 262 g/mol. The van der Waals surface area contributed by atoms with E-state index in [2.05, 4.69) is 25.3 Å². The molecule has 0 atom stereocenters. The van der Waals surface area contributed by atoms with Gasteiger partial charge in [-0.05, 0) is 19.5 Å². The molecule has 7 heteroatoms. The number of aryl methyl sites for hydroxylation is 1. The Balaban J connectivity index is 1.69. The van der Waals surface area contributed by atoms with Crippen LogP contribution in [0.4, 0.5) is 0 Å². The standard InChI is InChI=1S/C12H18N6O/c1-17-9-14-7-10(17)12-15-11(19-16-12)8-18-5-2-3-13-4-6-18/h7,9,13H,2-6,8H2,1H3. The first kappa shape index (κ1) is 12.3. The van der Waals surface area contributed by atoms with Crippen molar-refractivity contribution in [3.05, 3.63) is 18.4 Å². The Morgan fingerprint density at radius 2 is 2.32 bits per heavy atom. The van der Waals surface area contributed by atoms with E-state index >= 15 is 0 Å². The molecule has 3 heterocycles. The number of rotatable bonds is 3. The van der Waals surface area contributed by atoms with Gasteiger partial charge in [0.05, 0.1) is 19.1 Å². The second-order valence-electron chi connectivity index (χ2n) is 4.78. The average Bonchev–Trinajstić information content (AvgIpc) is 2.93. The Kier molecular flexibility index (Phi) is 3.56. The molecule has 0 saturated carbocycles. The lowest BCUT2D eigenvalue weighted by molar-refractivity contribution is 0.239. The van der Waals surface area contributed by atoms with E-state index in [0.717, 1.165) is 38.3 Å². The molecule has 1 fully saturated rings. The van der Waals surface area contributed by atoms with E-state index in [1.807, 2.05) is 11.6 Å². The van der Waals surface area contributed by atoms with Crippen molar-refractivity contribution < 1.29 is 4.52 Å². The molecule has 2 aromatic rings. The summed E-state index contributed by atoms with van der Waals surface area (Å²) in [6.45, 7) is 4.90. The molecule has 1 aliphatic heterocycles. The van der Waals surface area contributed by atoms with Crippen molar-refractivity contribution in [1.29, 1.82) is 0 Å². The Morgan fingerprint density at radius 1 is 1.37 bits per heavy atom. The van der Waals surface area contributed by atoms with Crippen LogP contribution in [0.5, 0.6) is 0 Å². The molecule has 0 aromatic carbocycles. The maximum Gasteiger partial charge on any atom is 0.241 e. The highest BCUT2D eigenvalue weighted by Gasteiger charge is 2.15. The molecular formula is C12H18N6O. The molecule has 0 amide bonds. The molecule has 102 valence electrons. The van der Waals surface area contributed by atoms with Crippen LogP contribution in [0.1, 0.15) is 12.3 Å². The number of imidazole rings is 1. The van der Waals surface area contributed by atoms with Gasteiger partial charge in [-0.2, -0.15) is 4.98 Å². The number of aromatic nitrogens is 4. The van der Waals surface area contributed by atoms with Gasteiger partial charge in [0.15, 0.2) is 0 Å². The molecule has 1 aliphatic rings. The van der Waals surface area contributed by atoms with Gasteiger partial charge in [-0.25, -0.2) is 4.98 Å². The molecule has 1 saturated heterocycles. The molecule has 0 bridgehead atoms. The van der Waals surface area contributed by atoms with Crippen molar-refractivity contribution in [2.24, 2.45) is 7.05 Å². The largest absolute Gasteiger partial charge is 0.337 e. The van der Waals surface area contributed by atoms with Crippen molar-refractivity contribution >= 4 is 0 Å². The van der Waals surface area contributed by atoms with E-state index in [0.29, 0.717) is 18.3 Å². The molecule has 3 rings (SSSR count). The molecule has 0 aliphatic carbocycles. The second kappa shape index (κ2) is 5.50. The van der Waals surface area contributed by atoms with Gasteiger partial charge in [0.25, 0.3) is 0 Å². The summed E-state index contributed by atoms with van der Waals surface area (Å²) in [5.74, 6) is 1.26. The van der Waals surface area contributed by atoms with Crippen LogP contribution in [0.15, 0.2) is 17.0 Å². The minimum atomic E-state index is 0.600. The molecule has 19 heavy (non-hydrogen) atoms. The fourth-order valence-electron chi connectivity index (χ4n) is 2.25. The number of hydrogen-bond donors (Lipinski definition) is 1. The average molecular weight is 262 g/mol. The first-order valence-electron chi connectivity index (χ1n) is 6.55. The minimum Gasteiger partial charge on any atom is -0.337 e. The van der Waals surface area contributed by atoms with E-state index in [4.69, 9.17) is 4.52 Å². The molecule has 2 aromatic heterocycles. The van der Waals surface area contributed by atoms with Gasteiger partial charge >= 0.3 is 0 Å². The maximum atomic E-state index is 5.32. The van der Waals surface area contributed by atoms with E-state index in [-0.39, 0.29) is 0 Å². The topological polar surface area (TPSA) is 72.0 Å². The van der Waals surface area contributed by atoms with Crippen molar-refractivity contribution in [3.63, 3.8) is 0 Å². The predicted molar refractivity (Wildman–Crippen MR) is 69.3 cm³/mol. The summed E-state index contributed by atoms with van der Waals surface area (Å²) in [6.07, 6.45) is 4.62. The molecule has 0 spiro atoms. The van der Waals surface area contributed by atoms with Crippen LogP contribution in [0.3, 0.4) is 0 Å². The van der Waals surface area contributed by atoms with Gasteiger partial charge in [0, 0.05) is 20.1 Å². The van der Waals surface area contributed by atoms with Crippen LogP contribution in [0.25, 0.3) is 11.5 Å². The highest BCUT2D eigenvalue weighted by molar-refractivity contribution is 5.46. The third-order valence-corrected chi connectivity index (χ3v) is 3.31. The summed E-state index contributed by atoms with van der Waals surface area (Å²) < 4.78 is 7.20. The van der Waals surface area contributed by atoms with Crippen LogP contribution in [0.2, 0.25) is 0 Å². The Hall–Kier alpha value is -1.73. The normalized spacial score (nSPS) is 17.5. The van der Waals surface area contributed by atoms with Crippen LogP contribution in [0, 0.1) is 0 Å². The highest BCUT2D eigenvalue weighted by atomic mass is 16.5. The summed E-state index contributed by atoms with van der Waals surface area (Å²) in [5.41, 5.74) is 0.868. The molecule has 0 unspecified atom stereocenters. The molecule has 1 N–H and O–H groups in total. The fraction of sp³-hybridized carbons (Fsp3) is 0.583. The van der Waals surface area contributed by atoms with Gasteiger partial charge < -0.3 is 14.4 Å². The fourth-order valence-corrected chi connectivity index (χ4v) is 2.25. The van der Waals surface area contributed by atoms with Gasteiger partial charge in [-0.1, -0.05) is 5.16 Å². The lowest BCUT2D eigenvalue weighted by Gasteiger charge is -2.16. The summed E-state index contributed by atoms with van der Waals surface area (Å²) >= 11 is 0. The predicted octanol–water partition coefficient (Wildman–Crippen LogP) is 0.265. The number of hydrogen-bond acceptors (Lipinski definition) is 6. The van der Waals surface area contributed by atoms with Crippen molar-refractivity contribution in [2.45, 2.75) is 13.0 Å². The van der Waals surface area contributed by atoms with Crippen LogP contribution >= 0.6 is 0 Å². The zero-order chi connectivity index (χ0) is 13.1. The number of nitrogens with zero attached hydrogens (tertiary/aromatic N) is 5. The zero-order valence-electron chi connectivity index (χ0n) is 11.0. The highest BCUT2D eigenvalue weighted by Crippen LogP contribution is 2.14. The molecular weight excluding hydrogens is 244 g/mol. The minimum absolute atomic E-state index is 0.600. The van der Waals surface area contributed by atoms with Crippen molar-refractivity contribution in [2.75, 3.05) is 26.2 Å². The third-order valence-electron chi connectivity index (χ3n) is 3.31. The van der Waals surface area contributed by atoms with E-state index in [1.54, 1.807) is 12.5 Å². The second-order valence-corrected chi connectivity index (χ2v) is 4.78. The maximum absolute atomic E-state index is 5.32. The van der Waals surface area contributed by atoms with E-state index in [1.165, 1.54) is 0 Å². The quantitative estimate of drug-likeness (QED) is 0.856. The van der Waals surface area contributed by atoms with E-state index < -0.39 is 0 Å². The molecule has 7 nitrogen and oxygen atoms in total. The summed E-state index contributed by atoms with van der Waals surface area (Å²) in [7, 11) is 1.92. The Labute approximate surface area is 111 Å². The smallest absolute Gasteiger partial charge is 0.241 e. The summed E-state index contributed by atoms with van der Waals surface area (Å²) in [6, 6.07) is 0. The van der Waals surface area contributed by atoms with Crippen molar-refractivity contribution in [1.82, 2.24) is 29.9 Å². The van der Waals surface area contributed by atoms with Crippen molar-refractivity contribution in [3.8, 4) is 11.5 Å². The van der Waals surface area contributed by atoms with E-state index in [9.17, 15) is 0 Å². The Bertz CT molecular complexity index is 526. The molecule has 0 radical (unpaired) electrons. The van der Waals surface area contributed by atoms with Crippen LogP contribution in [-0.4, -0.2) is 50.8 Å².